The summed E-state index contributed by atoms with van der Waals surface area (Å²) < 4.78 is 15.8. The Hall–Kier alpha value is -2.99. The van der Waals surface area contributed by atoms with E-state index < -0.39 is 0 Å². The number of ether oxygens (including phenoxy) is 2. The molecule has 0 atom stereocenters. The molecule has 2 aromatic carbocycles. The van der Waals surface area contributed by atoms with Crippen molar-refractivity contribution in [3.63, 3.8) is 0 Å². The summed E-state index contributed by atoms with van der Waals surface area (Å²) in [6.45, 7) is -0.190. The summed E-state index contributed by atoms with van der Waals surface area (Å²) in [6, 6.07) is 7.85. The highest BCUT2D eigenvalue weighted by molar-refractivity contribution is 5.88. The van der Waals surface area contributed by atoms with E-state index in [1.54, 1.807) is 24.3 Å². The van der Waals surface area contributed by atoms with Crippen molar-refractivity contribution < 1.29 is 24.1 Å². The fraction of sp³-hybridized carbons (Fsp3) is 0.167. The summed E-state index contributed by atoms with van der Waals surface area (Å²) in [7, 11) is 2.89. The fourth-order valence-corrected chi connectivity index (χ4v) is 2.58. The zero-order valence-electron chi connectivity index (χ0n) is 13.2. The largest absolute Gasteiger partial charge is 0.504 e. The summed E-state index contributed by atoms with van der Waals surface area (Å²) in [5.41, 5.74) is 1.40. The summed E-state index contributed by atoms with van der Waals surface area (Å²) in [5, 5.41) is 19.5. The summed E-state index contributed by atoms with van der Waals surface area (Å²) in [4.78, 5) is 12.9. The van der Waals surface area contributed by atoms with Crippen LogP contribution >= 0.6 is 0 Å². The van der Waals surface area contributed by atoms with Crippen molar-refractivity contribution >= 4 is 11.0 Å². The molecule has 0 spiro atoms. The van der Waals surface area contributed by atoms with E-state index in [4.69, 9.17) is 13.9 Å². The first-order valence-corrected chi connectivity index (χ1v) is 7.19. The molecule has 1 aromatic heterocycles. The number of benzene rings is 2. The van der Waals surface area contributed by atoms with Gasteiger partial charge in [0, 0.05) is 0 Å². The molecular weight excluding hydrogens is 312 g/mol. The van der Waals surface area contributed by atoms with E-state index in [1.807, 2.05) is 0 Å². The van der Waals surface area contributed by atoms with Gasteiger partial charge in [-0.25, -0.2) is 0 Å². The van der Waals surface area contributed by atoms with Crippen molar-refractivity contribution in [3.05, 3.63) is 52.4 Å². The monoisotopic (exact) mass is 328 g/mol. The van der Waals surface area contributed by atoms with E-state index >= 15 is 0 Å². The van der Waals surface area contributed by atoms with Crippen LogP contribution in [0.1, 0.15) is 5.56 Å². The van der Waals surface area contributed by atoms with Crippen LogP contribution in [0, 0.1) is 0 Å². The van der Waals surface area contributed by atoms with Gasteiger partial charge in [-0.3, -0.25) is 4.79 Å². The lowest BCUT2D eigenvalue weighted by atomic mass is 10.0. The zero-order valence-corrected chi connectivity index (χ0v) is 13.2. The van der Waals surface area contributed by atoms with E-state index in [9.17, 15) is 15.0 Å². The molecule has 1 heterocycles. The van der Waals surface area contributed by atoms with Gasteiger partial charge in [-0.05, 0) is 35.4 Å². The molecule has 0 aliphatic carbocycles. The number of fused-ring (bicyclic) bond motifs is 1. The molecule has 3 rings (SSSR count). The van der Waals surface area contributed by atoms with Crippen molar-refractivity contribution in [1.82, 2.24) is 0 Å². The number of phenolic OH excluding ortho intramolecular Hbond substituents is 1. The Morgan fingerprint density at radius 2 is 1.83 bits per heavy atom. The third kappa shape index (κ3) is 2.57. The minimum Gasteiger partial charge on any atom is -0.504 e. The van der Waals surface area contributed by atoms with E-state index in [2.05, 4.69) is 0 Å². The number of aromatic hydroxyl groups is 1. The summed E-state index contributed by atoms with van der Waals surface area (Å²) in [5.74, 6) is 0.566. The average Bonchev–Trinajstić information content (AvgIpc) is 2.60. The van der Waals surface area contributed by atoms with E-state index in [1.165, 1.54) is 26.5 Å². The van der Waals surface area contributed by atoms with Crippen LogP contribution < -0.4 is 14.9 Å². The molecule has 0 unspecified atom stereocenters. The van der Waals surface area contributed by atoms with Crippen LogP contribution in [0.4, 0.5) is 0 Å². The molecule has 6 heteroatoms. The number of methoxy groups -OCH3 is 2. The SMILES string of the molecule is COc1ccc(-c2coc3cc(CO)cc(OC)c3c2=O)cc1O. The van der Waals surface area contributed by atoms with Gasteiger partial charge in [-0.2, -0.15) is 0 Å². The maximum atomic E-state index is 12.9. The van der Waals surface area contributed by atoms with E-state index in [0.717, 1.165) is 0 Å². The first-order valence-electron chi connectivity index (χ1n) is 7.19. The molecule has 0 aliphatic rings. The van der Waals surface area contributed by atoms with Crippen LogP contribution in [-0.2, 0) is 6.61 Å². The number of hydrogen-bond acceptors (Lipinski definition) is 6. The van der Waals surface area contributed by atoms with Crippen LogP contribution in [0.2, 0.25) is 0 Å². The number of phenols is 1. The Bertz CT molecular complexity index is 958. The second-order valence-corrected chi connectivity index (χ2v) is 5.19. The predicted octanol–water partition coefficient (Wildman–Crippen LogP) is 2.68. The van der Waals surface area contributed by atoms with Gasteiger partial charge in [-0.1, -0.05) is 6.07 Å². The van der Waals surface area contributed by atoms with Gasteiger partial charge in [0.15, 0.2) is 11.5 Å². The fourth-order valence-electron chi connectivity index (χ4n) is 2.58. The third-order valence-corrected chi connectivity index (χ3v) is 3.79. The Morgan fingerprint density at radius 1 is 1.08 bits per heavy atom. The van der Waals surface area contributed by atoms with Crippen LogP contribution in [0.5, 0.6) is 17.2 Å². The Labute approximate surface area is 137 Å². The quantitative estimate of drug-likeness (QED) is 0.765. The van der Waals surface area contributed by atoms with Crippen molar-refractivity contribution in [3.8, 4) is 28.4 Å². The number of rotatable bonds is 4. The molecule has 0 saturated carbocycles. The zero-order chi connectivity index (χ0) is 17.3. The molecule has 0 aliphatic heterocycles. The number of aliphatic hydroxyl groups is 1. The molecule has 0 fully saturated rings. The standard InChI is InChI=1S/C18H16O6/c1-22-14-4-3-11(7-13(14)20)12-9-24-16-6-10(8-19)5-15(23-2)17(16)18(12)21/h3-7,9,19-20H,8H2,1-2H3. The Morgan fingerprint density at radius 3 is 2.46 bits per heavy atom. The van der Waals surface area contributed by atoms with Crippen molar-refractivity contribution in [2.45, 2.75) is 6.61 Å². The number of hydrogen-bond donors (Lipinski definition) is 2. The lowest BCUT2D eigenvalue weighted by molar-refractivity contribution is 0.281. The lowest BCUT2D eigenvalue weighted by Gasteiger charge is -2.09. The van der Waals surface area contributed by atoms with Crippen LogP contribution in [-0.4, -0.2) is 24.4 Å². The highest BCUT2D eigenvalue weighted by Crippen LogP contribution is 2.32. The highest BCUT2D eigenvalue weighted by Gasteiger charge is 2.15. The minimum atomic E-state index is -0.290. The van der Waals surface area contributed by atoms with Crippen LogP contribution in [0.15, 0.2) is 45.8 Å². The molecule has 24 heavy (non-hydrogen) atoms. The molecule has 124 valence electrons. The van der Waals surface area contributed by atoms with Crippen molar-refractivity contribution in [2.24, 2.45) is 0 Å². The van der Waals surface area contributed by atoms with Gasteiger partial charge in [0.1, 0.15) is 23.0 Å². The van der Waals surface area contributed by atoms with Gasteiger partial charge in [0.2, 0.25) is 5.43 Å². The van der Waals surface area contributed by atoms with E-state index in [0.29, 0.717) is 28.2 Å². The third-order valence-electron chi connectivity index (χ3n) is 3.79. The summed E-state index contributed by atoms with van der Waals surface area (Å²) >= 11 is 0. The molecule has 2 N–H and O–H groups in total. The van der Waals surface area contributed by atoms with Crippen molar-refractivity contribution in [2.75, 3.05) is 14.2 Å². The van der Waals surface area contributed by atoms with Gasteiger partial charge in [-0.15, -0.1) is 0 Å². The predicted molar refractivity (Wildman–Crippen MR) is 88.6 cm³/mol. The van der Waals surface area contributed by atoms with Gasteiger partial charge in [0.25, 0.3) is 0 Å². The first kappa shape index (κ1) is 15.9. The maximum Gasteiger partial charge on any atom is 0.204 e. The second kappa shape index (κ2) is 6.25. The van der Waals surface area contributed by atoms with Crippen LogP contribution in [0.25, 0.3) is 22.1 Å². The Balaban J connectivity index is 2.26. The lowest BCUT2D eigenvalue weighted by Crippen LogP contribution is -2.07. The maximum absolute atomic E-state index is 12.9. The van der Waals surface area contributed by atoms with Gasteiger partial charge in [0.05, 0.1) is 26.4 Å². The normalized spacial score (nSPS) is 10.8. The smallest absolute Gasteiger partial charge is 0.204 e. The topological polar surface area (TPSA) is 89.1 Å². The average molecular weight is 328 g/mol. The molecule has 3 aromatic rings. The first-order chi connectivity index (χ1) is 11.6. The molecule has 0 saturated heterocycles. The molecule has 0 amide bonds. The Kier molecular flexibility index (Phi) is 4.14. The molecular formula is C18H16O6. The summed E-state index contributed by atoms with van der Waals surface area (Å²) in [6.07, 6.45) is 1.33. The molecule has 0 bridgehead atoms. The molecule has 6 nitrogen and oxygen atoms in total. The second-order valence-electron chi connectivity index (χ2n) is 5.19. The van der Waals surface area contributed by atoms with E-state index in [-0.39, 0.29) is 28.7 Å². The molecule has 0 radical (unpaired) electrons. The minimum absolute atomic E-state index is 0.0721. The van der Waals surface area contributed by atoms with Crippen molar-refractivity contribution in [1.29, 1.82) is 0 Å². The number of aliphatic hydroxyl groups excluding tert-OH is 1. The highest BCUT2D eigenvalue weighted by atomic mass is 16.5. The van der Waals surface area contributed by atoms with Gasteiger partial charge >= 0.3 is 0 Å². The van der Waals surface area contributed by atoms with Crippen LogP contribution in [0.3, 0.4) is 0 Å². The van der Waals surface area contributed by atoms with Gasteiger partial charge < -0.3 is 24.1 Å².